The topological polar surface area (TPSA) is 46.2 Å². The second-order valence-corrected chi connectivity index (χ2v) is 9.70. The largest absolute Gasteiger partial charge is 0.375 e. The van der Waals surface area contributed by atoms with Crippen LogP contribution in [0.2, 0.25) is 0 Å². The lowest BCUT2D eigenvalue weighted by Crippen LogP contribution is -2.57. The van der Waals surface area contributed by atoms with Crippen LogP contribution in [-0.4, -0.2) is 54.4 Å². The van der Waals surface area contributed by atoms with Crippen LogP contribution in [0.5, 0.6) is 0 Å². The highest BCUT2D eigenvalue weighted by Crippen LogP contribution is 2.49. The number of hydrogen-bond donors (Lipinski definition) is 0. The van der Waals surface area contributed by atoms with E-state index in [1.165, 1.54) is 0 Å². The van der Waals surface area contributed by atoms with Crippen LogP contribution in [0.1, 0.15) is 50.9 Å². The van der Waals surface area contributed by atoms with E-state index in [4.69, 9.17) is 23.7 Å². The Balaban J connectivity index is 1.35. The normalized spacial score (nSPS) is 43.3. The molecule has 0 saturated carbocycles. The van der Waals surface area contributed by atoms with E-state index in [0.717, 1.165) is 50.0 Å². The number of ether oxygens (including phenoxy) is 5. The standard InChI is InChI=1S/C22H30O5S/c1-2-28-22-11-10-16-19(14-24-21(26-16)15-7-4-3-5-8-15)25-20(22)13-18-17(27-22)9-6-12-23-18/h3-5,7-8,16-21H,2,6,9-14H2,1H3/t16-,17-,18+,19+,20-,21+,22-/m0/s1. The van der Waals surface area contributed by atoms with Gasteiger partial charge in [0.1, 0.15) is 11.0 Å². The van der Waals surface area contributed by atoms with E-state index < -0.39 is 0 Å². The minimum Gasteiger partial charge on any atom is -0.375 e. The summed E-state index contributed by atoms with van der Waals surface area (Å²) in [6.07, 6.45) is 5.00. The average Bonchev–Trinajstić information content (AvgIpc) is 2.89. The Hall–Kier alpha value is -0.630. The molecule has 4 heterocycles. The van der Waals surface area contributed by atoms with Gasteiger partial charge >= 0.3 is 0 Å². The second kappa shape index (κ2) is 8.25. The van der Waals surface area contributed by atoms with Crippen molar-refractivity contribution in [3.8, 4) is 0 Å². The molecule has 0 aromatic heterocycles. The third-order valence-electron chi connectivity index (χ3n) is 6.37. The molecule has 6 heteroatoms. The number of fused-ring (bicyclic) bond motifs is 3. The van der Waals surface area contributed by atoms with Crippen molar-refractivity contribution in [2.75, 3.05) is 19.0 Å². The van der Waals surface area contributed by atoms with Gasteiger partial charge in [0, 0.05) is 18.6 Å². The summed E-state index contributed by atoms with van der Waals surface area (Å²) < 4.78 is 31.8. The van der Waals surface area contributed by atoms with E-state index in [0.29, 0.717) is 6.61 Å². The van der Waals surface area contributed by atoms with Crippen LogP contribution in [0.15, 0.2) is 30.3 Å². The average molecular weight is 407 g/mol. The minimum atomic E-state index is -0.312. The first kappa shape index (κ1) is 19.3. The Morgan fingerprint density at radius 3 is 2.75 bits per heavy atom. The summed E-state index contributed by atoms with van der Waals surface area (Å²) in [5.41, 5.74) is 1.07. The van der Waals surface area contributed by atoms with Crippen LogP contribution in [0.3, 0.4) is 0 Å². The maximum Gasteiger partial charge on any atom is 0.184 e. The van der Waals surface area contributed by atoms with Crippen molar-refractivity contribution in [2.24, 2.45) is 0 Å². The lowest BCUT2D eigenvalue weighted by Gasteiger charge is -2.50. The molecule has 0 N–H and O–H groups in total. The van der Waals surface area contributed by atoms with Crippen LogP contribution in [-0.2, 0) is 23.7 Å². The summed E-state index contributed by atoms with van der Waals surface area (Å²) in [7, 11) is 0. The molecule has 28 heavy (non-hydrogen) atoms. The lowest BCUT2D eigenvalue weighted by atomic mass is 9.91. The smallest absolute Gasteiger partial charge is 0.184 e. The molecule has 5 rings (SSSR count). The number of thioether (sulfide) groups is 1. The van der Waals surface area contributed by atoms with Gasteiger partial charge in [-0.25, -0.2) is 0 Å². The van der Waals surface area contributed by atoms with Gasteiger partial charge in [-0.3, -0.25) is 0 Å². The highest BCUT2D eigenvalue weighted by Gasteiger charge is 2.54. The molecule has 4 fully saturated rings. The van der Waals surface area contributed by atoms with Crippen LogP contribution >= 0.6 is 11.8 Å². The predicted octanol–water partition coefficient (Wildman–Crippen LogP) is 4.07. The number of rotatable bonds is 3. The Labute approximate surface area is 171 Å². The molecular weight excluding hydrogens is 376 g/mol. The molecule has 4 aliphatic rings. The van der Waals surface area contributed by atoms with Crippen molar-refractivity contribution in [2.45, 2.75) is 80.8 Å². The highest BCUT2D eigenvalue weighted by molar-refractivity contribution is 8.00. The maximum atomic E-state index is 6.74. The molecular formula is C22H30O5S. The summed E-state index contributed by atoms with van der Waals surface area (Å²) in [5, 5.41) is 0. The molecule has 0 aliphatic carbocycles. The van der Waals surface area contributed by atoms with Crippen LogP contribution < -0.4 is 0 Å². The van der Waals surface area contributed by atoms with Gasteiger partial charge < -0.3 is 23.7 Å². The van der Waals surface area contributed by atoms with Crippen molar-refractivity contribution in [3.05, 3.63) is 35.9 Å². The summed E-state index contributed by atoms with van der Waals surface area (Å²) in [6.45, 7) is 3.59. The van der Waals surface area contributed by atoms with Crippen molar-refractivity contribution in [1.82, 2.24) is 0 Å². The quantitative estimate of drug-likeness (QED) is 0.754. The van der Waals surface area contributed by atoms with Gasteiger partial charge in [0.15, 0.2) is 6.29 Å². The molecule has 154 valence electrons. The zero-order valence-corrected chi connectivity index (χ0v) is 17.3. The van der Waals surface area contributed by atoms with Gasteiger partial charge in [0.25, 0.3) is 0 Å². The van der Waals surface area contributed by atoms with E-state index in [-0.39, 0.29) is 41.7 Å². The first-order chi connectivity index (χ1) is 13.8. The van der Waals surface area contributed by atoms with Gasteiger partial charge in [0.05, 0.1) is 31.0 Å². The molecule has 7 atom stereocenters. The molecule has 0 spiro atoms. The van der Waals surface area contributed by atoms with Crippen LogP contribution in [0.4, 0.5) is 0 Å². The minimum absolute atomic E-state index is 0.0206. The van der Waals surface area contributed by atoms with Crippen LogP contribution in [0, 0.1) is 0 Å². The van der Waals surface area contributed by atoms with Crippen molar-refractivity contribution < 1.29 is 23.7 Å². The van der Waals surface area contributed by atoms with Gasteiger partial charge in [-0.05, 0) is 31.4 Å². The lowest BCUT2D eigenvalue weighted by molar-refractivity contribution is -0.283. The van der Waals surface area contributed by atoms with Crippen LogP contribution in [0.25, 0.3) is 0 Å². The van der Waals surface area contributed by atoms with Gasteiger partial charge in [-0.15, -0.1) is 11.8 Å². The SMILES string of the molecule is CCS[C@@]12CC[C@@H]3O[C@H](c4ccccc4)OC[C@H]3O[C@H]1C[C@H]1OCCC[C@@H]1O2. The maximum absolute atomic E-state index is 6.74. The van der Waals surface area contributed by atoms with E-state index in [1.54, 1.807) is 0 Å². The molecule has 0 radical (unpaired) electrons. The molecule has 4 aliphatic heterocycles. The highest BCUT2D eigenvalue weighted by atomic mass is 32.2. The zero-order valence-electron chi connectivity index (χ0n) is 16.5. The summed E-state index contributed by atoms with van der Waals surface area (Å²) in [6, 6.07) is 10.2. The summed E-state index contributed by atoms with van der Waals surface area (Å²) in [4.78, 5) is -0.292. The molecule has 0 unspecified atom stereocenters. The van der Waals surface area contributed by atoms with E-state index in [1.807, 2.05) is 30.0 Å². The van der Waals surface area contributed by atoms with Gasteiger partial charge in [-0.1, -0.05) is 37.3 Å². The van der Waals surface area contributed by atoms with E-state index >= 15 is 0 Å². The Morgan fingerprint density at radius 1 is 1.00 bits per heavy atom. The third kappa shape index (κ3) is 3.64. The molecule has 5 nitrogen and oxygen atoms in total. The number of hydrogen-bond acceptors (Lipinski definition) is 6. The van der Waals surface area contributed by atoms with Gasteiger partial charge in [-0.2, -0.15) is 0 Å². The molecule has 4 saturated heterocycles. The molecule has 0 bridgehead atoms. The van der Waals surface area contributed by atoms with Gasteiger partial charge in [0.2, 0.25) is 0 Å². The Morgan fingerprint density at radius 2 is 1.89 bits per heavy atom. The third-order valence-corrected chi connectivity index (χ3v) is 7.71. The first-order valence-electron chi connectivity index (χ1n) is 10.7. The summed E-state index contributed by atoms with van der Waals surface area (Å²) >= 11 is 1.90. The molecule has 1 aromatic rings. The van der Waals surface area contributed by atoms with Crippen molar-refractivity contribution in [3.63, 3.8) is 0 Å². The first-order valence-corrected chi connectivity index (χ1v) is 11.7. The predicted molar refractivity (Wildman–Crippen MR) is 107 cm³/mol. The monoisotopic (exact) mass is 406 g/mol. The van der Waals surface area contributed by atoms with E-state index in [9.17, 15) is 0 Å². The Kier molecular flexibility index (Phi) is 5.70. The van der Waals surface area contributed by atoms with Crippen molar-refractivity contribution >= 4 is 11.8 Å². The fraction of sp³-hybridized carbons (Fsp3) is 0.727. The second-order valence-electron chi connectivity index (χ2n) is 8.14. The molecule has 1 aromatic carbocycles. The fourth-order valence-electron chi connectivity index (χ4n) is 5.01. The Bertz CT molecular complexity index is 658. The fourth-order valence-corrected chi connectivity index (χ4v) is 6.29. The van der Waals surface area contributed by atoms with Crippen molar-refractivity contribution in [1.29, 1.82) is 0 Å². The molecule has 0 amide bonds. The zero-order chi connectivity index (χ0) is 19.0. The number of benzene rings is 1. The summed E-state index contributed by atoms with van der Waals surface area (Å²) in [5.74, 6) is 1.01. The van der Waals surface area contributed by atoms with E-state index in [2.05, 4.69) is 19.1 Å².